The van der Waals surface area contributed by atoms with Gasteiger partial charge in [0, 0.05) is 17.3 Å². The second kappa shape index (κ2) is 14.2. The van der Waals surface area contributed by atoms with Crippen LogP contribution in [0.2, 0.25) is 19.6 Å². The summed E-state index contributed by atoms with van der Waals surface area (Å²) >= 11 is 0. The van der Waals surface area contributed by atoms with Gasteiger partial charge >= 0.3 is 12.1 Å². The monoisotopic (exact) mass is 653 g/mol. The highest BCUT2D eigenvalue weighted by molar-refractivity contribution is 6.81. The molecule has 2 bridgehead atoms. The number of unbranched alkanes of at least 4 members (excludes halogenated alkanes) is 2. The molecule has 0 N–H and O–H groups in total. The lowest BCUT2D eigenvalue weighted by Crippen LogP contribution is -2.43. The molecule has 7 heteroatoms. The Balaban J connectivity index is 1.35. The molecule has 0 aromatic heterocycles. The molecule has 250 valence electrons. The van der Waals surface area contributed by atoms with E-state index in [9.17, 15) is 14.4 Å². The third kappa shape index (κ3) is 7.40. The largest absolute Gasteiger partial charge is 0.458 e. The zero-order chi connectivity index (χ0) is 33.8. The fourth-order valence-electron chi connectivity index (χ4n) is 8.21. The number of allylic oxidation sites excluding steroid dienone is 2. The normalized spacial score (nSPS) is 25.7. The van der Waals surface area contributed by atoms with Crippen LogP contribution in [0.3, 0.4) is 0 Å². The number of carbonyl (C=O) groups excluding carboxylic acids is 3. The average Bonchev–Trinajstić information content (AvgIpc) is 3.61. The van der Waals surface area contributed by atoms with Crippen molar-refractivity contribution in [2.24, 2.45) is 22.7 Å². The fourth-order valence-corrected chi connectivity index (χ4v) is 9.36. The van der Waals surface area contributed by atoms with Gasteiger partial charge in [0.05, 0.1) is 20.2 Å². The van der Waals surface area contributed by atoms with Gasteiger partial charge in [-0.1, -0.05) is 125 Å². The number of benzene rings is 2. The van der Waals surface area contributed by atoms with Crippen LogP contribution in [-0.4, -0.2) is 50.2 Å². The third-order valence-electron chi connectivity index (χ3n) is 10.9. The van der Waals surface area contributed by atoms with Crippen LogP contribution in [0.5, 0.6) is 0 Å². The Hall–Kier alpha value is -3.71. The molecule has 2 saturated carbocycles. The van der Waals surface area contributed by atoms with Gasteiger partial charge in [-0.3, -0.25) is 4.79 Å². The number of nitrogens with zero attached hydrogens (tertiary/aromatic N) is 1. The van der Waals surface area contributed by atoms with Crippen molar-refractivity contribution in [2.75, 3.05) is 13.2 Å². The first kappa shape index (κ1) is 34.6. The molecule has 2 amide bonds. The van der Waals surface area contributed by atoms with Gasteiger partial charge in [0.2, 0.25) is 0 Å². The van der Waals surface area contributed by atoms with Gasteiger partial charge in [-0.25, -0.2) is 14.5 Å². The first-order chi connectivity index (χ1) is 22.3. The highest BCUT2D eigenvalue weighted by Gasteiger charge is 2.69. The van der Waals surface area contributed by atoms with E-state index in [2.05, 4.69) is 107 Å². The summed E-state index contributed by atoms with van der Waals surface area (Å²) in [4.78, 5) is 39.1. The number of hydrogen-bond acceptors (Lipinski definition) is 5. The molecule has 6 nitrogen and oxygen atoms in total. The zero-order valence-corrected chi connectivity index (χ0v) is 29.9. The van der Waals surface area contributed by atoms with Gasteiger partial charge in [0.25, 0.3) is 5.91 Å². The zero-order valence-electron chi connectivity index (χ0n) is 28.9. The van der Waals surface area contributed by atoms with E-state index >= 15 is 0 Å². The second-order valence-corrected chi connectivity index (χ2v) is 20.3. The van der Waals surface area contributed by atoms with Crippen molar-refractivity contribution in [3.8, 4) is 0 Å². The fraction of sp³-hybridized carbons (Fsp3) is 0.475. The minimum atomic E-state index is -1.76. The molecular formula is C40H51NO5Si. The summed E-state index contributed by atoms with van der Waals surface area (Å²) in [5.74, 6) is 0.130. The number of carbonyl (C=O) groups is 3. The van der Waals surface area contributed by atoms with E-state index in [-0.39, 0.29) is 47.3 Å². The summed E-state index contributed by atoms with van der Waals surface area (Å²) in [6, 6.07) is 21.5. The SMILES string of the molecule is CC1(C)[C@@H]2CC[C@@]1(C)[C@H](OC(=O)C(=C\[Si](C)(C)C)/C=C/CCC/C=C/C(=O)N1CCOC1=O)[C@@H]2C(c1ccccc1)c1ccccc1. The van der Waals surface area contributed by atoms with Crippen LogP contribution in [0.4, 0.5) is 4.79 Å². The smallest absolute Gasteiger partial charge is 0.416 e. The highest BCUT2D eigenvalue weighted by Crippen LogP contribution is 2.71. The second-order valence-electron chi connectivity index (χ2n) is 15.3. The van der Waals surface area contributed by atoms with E-state index in [0.29, 0.717) is 24.5 Å². The average molecular weight is 654 g/mol. The number of ether oxygens (including phenoxy) is 2. The van der Waals surface area contributed by atoms with E-state index in [1.807, 2.05) is 12.2 Å². The standard InChI is InChI=1S/C40H51NO5Si/c1-39(2)32-24-25-40(39,3)36(35(32)34(29-18-13-10-14-19-29)30-20-15-11-16-21-30)46-37(43)31(28-47(4,5)6)22-12-8-7-9-17-23-33(42)41-26-27-45-38(41)44/h10-23,28,32,34-36H,7-9,24-27H2,1-6H3/b22-12+,23-17+,31-28-/t32-,35+,36-,40+/m1/s1. The molecule has 0 spiro atoms. The van der Waals surface area contributed by atoms with Crippen molar-refractivity contribution in [1.29, 1.82) is 0 Å². The molecule has 0 radical (unpaired) electrons. The van der Waals surface area contributed by atoms with Crippen LogP contribution in [0.15, 0.2) is 96.2 Å². The van der Waals surface area contributed by atoms with Crippen molar-refractivity contribution in [2.45, 2.75) is 84.5 Å². The van der Waals surface area contributed by atoms with Gasteiger partial charge in [-0.2, -0.15) is 0 Å². The lowest BCUT2D eigenvalue weighted by molar-refractivity contribution is -0.155. The van der Waals surface area contributed by atoms with Crippen LogP contribution in [-0.2, 0) is 19.1 Å². The maximum atomic E-state index is 14.2. The van der Waals surface area contributed by atoms with Crippen LogP contribution in [0.1, 0.15) is 69.9 Å². The topological polar surface area (TPSA) is 72.9 Å². The van der Waals surface area contributed by atoms with Crippen molar-refractivity contribution in [3.63, 3.8) is 0 Å². The van der Waals surface area contributed by atoms with Gasteiger partial charge in [0.1, 0.15) is 12.7 Å². The molecule has 1 heterocycles. The van der Waals surface area contributed by atoms with Crippen molar-refractivity contribution >= 4 is 26.0 Å². The van der Waals surface area contributed by atoms with E-state index in [4.69, 9.17) is 9.47 Å². The lowest BCUT2D eigenvalue weighted by Gasteiger charge is -2.41. The van der Waals surface area contributed by atoms with Gasteiger partial charge in [-0.15, -0.1) is 0 Å². The molecule has 47 heavy (non-hydrogen) atoms. The summed E-state index contributed by atoms with van der Waals surface area (Å²) in [6.45, 7) is 14.4. The summed E-state index contributed by atoms with van der Waals surface area (Å²) in [7, 11) is -1.76. The van der Waals surface area contributed by atoms with Crippen LogP contribution in [0.25, 0.3) is 0 Å². The van der Waals surface area contributed by atoms with E-state index in [1.165, 1.54) is 17.2 Å². The van der Waals surface area contributed by atoms with Gasteiger partial charge in [-0.05, 0) is 60.6 Å². The molecule has 2 aromatic carbocycles. The molecule has 0 unspecified atom stereocenters. The maximum Gasteiger partial charge on any atom is 0.416 e. The number of imide groups is 1. The molecular weight excluding hydrogens is 603 g/mol. The molecule has 1 aliphatic heterocycles. The summed E-state index contributed by atoms with van der Waals surface area (Å²) in [6.07, 6.45) is 10.9. The maximum absolute atomic E-state index is 14.2. The highest BCUT2D eigenvalue weighted by atomic mass is 28.3. The first-order valence-electron chi connectivity index (χ1n) is 17.2. The first-order valence-corrected chi connectivity index (χ1v) is 20.8. The number of cyclic esters (lactones) is 1. The van der Waals surface area contributed by atoms with E-state index in [0.717, 1.165) is 30.6 Å². The Labute approximate surface area is 281 Å². The summed E-state index contributed by atoms with van der Waals surface area (Å²) in [5, 5.41) is 0. The molecule has 5 rings (SSSR count). The lowest BCUT2D eigenvalue weighted by atomic mass is 9.68. The number of amides is 2. The Morgan fingerprint density at radius 3 is 2.11 bits per heavy atom. The van der Waals surface area contributed by atoms with Crippen molar-refractivity contribution in [1.82, 2.24) is 4.90 Å². The van der Waals surface area contributed by atoms with Crippen molar-refractivity contribution in [3.05, 3.63) is 107 Å². The minimum Gasteiger partial charge on any atom is -0.458 e. The quantitative estimate of drug-likeness (QED) is 0.0752. The Morgan fingerprint density at radius 2 is 1.55 bits per heavy atom. The van der Waals surface area contributed by atoms with E-state index in [1.54, 1.807) is 6.08 Å². The summed E-state index contributed by atoms with van der Waals surface area (Å²) in [5.41, 5.74) is 5.22. The van der Waals surface area contributed by atoms with Crippen LogP contribution < -0.4 is 0 Å². The van der Waals surface area contributed by atoms with E-state index < -0.39 is 14.2 Å². The van der Waals surface area contributed by atoms with Crippen molar-refractivity contribution < 1.29 is 23.9 Å². The third-order valence-corrected chi connectivity index (χ3v) is 12.1. The summed E-state index contributed by atoms with van der Waals surface area (Å²) < 4.78 is 11.6. The molecule has 2 aromatic rings. The molecule has 2 aliphatic carbocycles. The molecule has 3 aliphatic rings. The number of esters is 1. The number of hydrogen-bond donors (Lipinski definition) is 0. The van der Waals surface area contributed by atoms with Gasteiger partial charge < -0.3 is 9.47 Å². The Morgan fingerprint density at radius 1 is 0.957 bits per heavy atom. The predicted molar refractivity (Wildman–Crippen MR) is 189 cm³/mol. The van der Waals surface area contributed by atoms with Gasteiger partial charge in [0.15, 0.2) is 0 Å². The molecule has 3 fully saturated rings. The Kier molecular flexibility index (Phi) is 10.4. The minimum absolute atomic E-state index is 0.0207. The molecule has 4 atom stereocenters. The van der Waals surface area contributed by atoms with Crippen LogP contribution in [0, 0.1) is 22.7 Å². The molecule has 1 saturated heterocycles. The number of rotatable bonds is 12. The number of fused-ring (bicyclic) bond motifs is 2. The predicted octanol–water partition coefficient (Wildman–Crippen LogP) is 8.87. The Bertz CT molecular complexity index is 1480. The van der Waals surface area contributed by atoms with Crippen LogP contribution >= 0.6 is 0 Å².